The average molecular weight is 394 g/mol. The average Bonchev–Trinajstić information content (AvgIpc) is 3.27. The number of carbonyl (C=O) groups excluding carboxylic acids is 1. The lowest BCUT2D eigenvalue weighted by atomic mass is 10.1. The van der Waals surface area contributed by atoms with Gasteiger partial charge in [0, 0.05) is 6.61 Å². The predicted molar refractivity (Wildman–Crippen MR) is 100 cm³/mol. The van der Waals surface area contributed by atoms with Crippen molar-refractivity contribution in [1.82, 2.24) is 20.1 Å². The number of carbonyl (C=O) groups is 1. The summed E-state index contributed by atoms with van der Waals surface area (Å²) in [5, 5.41) is 9.40. The standard InChI is InChI=1S/C18H23FN4O3S/c1-11(13-5-7-14(19)8-6-13)20-16(24)12(2)27-18-22-21-17(25)23(18)10-15-4-3-9-26-15/h5-8,11-12,15H,3-4,9-10H2,1-2H3,(H,20,24)(H,21,25)/t11-,12+,15+/m1/s1. The van der Waals surface area contributed by atoms with Gasteiger partial charge in [-0.05, 0) is 44.4 Å². The predicted octanol–water partition coefficient (Wildman–Crippen LogP) is 2.25. The SMILES string of the molecule is C[C@H](Sc1n[nH]c(=O)n1C[C@@H]1CCCO1)C(=O)N[C@H](C)c1ccc(F)cc1. The molecule has 2 heterocycles. The van der Waals surface area contributed by atoms with Gasteiger partial charge in [-0.3, -0.25) is 9.36 Å². The van der Waals surface area contributed by atoms with E-state index >= 15 is 0 Å². The molecule has 0 bridgehead atoms. The van der Waals surface area contributed by atoms with Crippen molar-refractivity contribution < 1.29 is 13.9 Å². The fourth-order valence-corrected chi connectivity index (χ4v) is 3.80. The Kier molecular flexibility index (Phi) is 6.33. The lowest BCUT2D eigenvalue weighted by molar-refractivity contribution is -0.120. The molecule has 0 radical (unpaired) electrons. The van der Waals surface area contributed by atoms with E-state index in [1.165, 1.54) is 28.5 Å². The van der Waals surface area contributed by atoms with Crippen molar-refractivity contribution in [3.05, 3.63) is 46.1 Å². The number of hydrogen-bond donors (Lipinski definition) is 2. The summed E-state index contributed by atoms with van der Waals surface area (Å²) in [6.07, 6.45) is 1.90. The van der Waals surface area contributed by atoms with Crippen LogP contribution in [0.4, 0.5) is 4.39 Å². The quantitative estimate of drug-likeness (QED) is 0.703. The number of rotatable bonds is 7. The highest BCUT2D eigenvalue weighted by molar-refractivity contribution is 8.00. The third-order valence-electron chi connectivity index (χ3n) is 4.51. The minimum atomic E-state index is -0.452. The molecule has 1 aliphatic rings. The first-order chi connectivity index (χ1) is 12.9. The molecule has 2 N–H and O–H groups in total. The second-order valence-electron chi connectivity index (χ2n) is 6.60. The molecule has 1 aliphatic heterocycles. The summed E-state index contributed by atoms with van der Waals surface area (Å²) in [6, 6.07) is 5.76. The number of H-pyrrole nitrogens is 1. The Morgan fingerprint density at radius 2 is 2.19 bits per heavy atom. The summed E-state index contributed by atoms with van der Waals surface area (Å²) < 4.78 is 20.1. The first-order valence-electron chi connectivity index (χ1n) is 8.93. The van der Waals surface area contributed by atoms with Gasteiger partial charge in [0.15, 0.2) is 5.16 Å². The number of ether oxygens (including phenoxy) is 1. The van der Waals surface area contributed by atoms with E-state index in [0.717, 1.165) is 18.4 Å². The molecule has 7 nitrogen and oxygen atoms in total. The molecule has 27 heavy (non-hydrogen) atoms. The highest BCUT2D eigenvalue weighted by atomic mass is 32.2. The van der Waals surface area contributed by atoms with E-state index in [1.807, 2.05) is 6.92 Å². The van der Waals surface area contributed by atoms with E-state index in [1.54, 1.807) is 19.1 Å². The number of nitrogens with one attached hydrogen (secondary N) is 2. The number of benzene rings is 1. The Morgan fingerprint density at radius 3 is 2.85 bits per heavy atom. The fraction of sp³-hybridized carbons (Fsp3) is 0.500. The van der Waals surface area contributed by atoms with Gasteiger partial charge in [-0.15, -0.1) is 5.10 Å². The van der Waals surface area contributed by atoms with Crippen LogP contribution in [-0.2, 0) is 16.1 Å². The Labute approximate surface area is 160 Å². The summed E-state index contributed by atoms with van der Waals surface area (Å²) in [7, 11) is 0. The van der Waals surface area contributed by atoms with Gasteiger partial charge in [-0.2, -0.15) is 0 Å². The Bertz CT molecular complexity index is 830. The van der Waals surface area contributed by atoms with Crippen molar-refractivity contribution in [2.45, 2.75) is 55.8 Å². The molecule has 1 aromatic heterocycles. The number of amides is 1. The molecule has 3 rings (SSSR count). The maximum Gasteiger partial charge on any atom is 0.344 e. The number of aromatic amines is 1. The maximum absolute atomic E-state index is 13.0. The van der Waals surface area contributed by atoms with Crippen molar-refractivity contribution >= 4 is 17.7 Å². The molecule has 1 saturated heterocycles. The zero-order valence-electron chi connectivity index (χ0n) is 15.3. The fourth-order valence-electron chi connectivity index (χ4n) is 2.92. The molecule has 1 aromatic carbocycles. The highest BCUT2D eigenvalue weighted by Crippen LogP contribution is 2.23. The van der Waals surface area contributed by atoms with Gasteiger partial charge in [0.25, 0.3) is 0 Å². The van der Waals surface area contributed by atoms with Crippen molar-refractivity contribution in [2.75, 3.05) is 6.61 Å². The van der Waals surface area contributed by atoms with Crippen LogP contribution in [0.25, 0.3) is 0 Å². The van der Waals surface area contributed by atoms with Crippen LogP contribution in [0, 0.1) is 5.82 Å². The maximum atomic E-state index is 13.0. The molecule has 146 valence electrons. The van der Waals surface area contributed by atoms with Crippen LogP contribution in [0.5, 0.6) is 0 Å². The van der Waals surface area contributed by atoms with E-state index in [9.17, 15) is 14.0 Å². The van der Waals surface area contributed by atoms with Gasteiger partial charge in [-0.1, -0.05) is 23.9 Å². The topological polar surface area (TPSA) is 89.0 Å². The third-order valence-corrected chi connectivity index (χ3v) is 5.60. The first kappa shape index (κ1) is 19.6. The molecular weight excluding hydrogens is 371 g/mol. The molecular formula is C18H23FN4O3S. The van der Waals surface area contributed by atoms with Crippen LogP contribution in [0.3, 0.4) is 0 Å². The number of hydrogen-bond acceptors (Lipinski definition) is 5. The van der Waals surface area contributed by atoms with E-state index in [-0.39, 0.29) is 29.6 Å². The van der Waals surface area contributed by atoms with E-state index < -0.39 is 5.25 Å². The van der Waals surface area contributed by atoms with E-state index in [4.69, 9.17) is 4.74 Å². The van der Waals surface area contributed by atoms with E-state index in [2.05, 4.69) is 15.5 Å². The lowest BCUT2D eigenvalue weighted by Crippen LogP contribution is -2.33. The summed E-state index contributed by atoms with van der Waals surface area (Å²) in [5.41, 5.74) is 0.511. The van der Waals surface area contributed by atoms with Gasteiger partial charge in [-0.25, -0.2) is 14.3 Å². The Balaban J connectivity index is 1.61. The molecule has 3 atom stereocenters. The van der Waals surface area contributed by atoms with Gasteiger partial charge in [0.1, 0.15) is 5.82 Å². The molecule has 1 fully saturated rings. The van der Waals surface area contributed by atoms with Gasteiger partial charge >= 0.3 is 5.69 Å². The van der Waals surface area contributed by atoms with Crippen LogP contribution in [0.1, 0.15) is 38.3 Å². The van der Waals surface area contributed by atoms with E-state index in [0.29, 0.717) is 18.3 Å². The summed E-state index contributed by atoms with van der Waals surface area (Å²) >= 11 is 1.22. The van der Waals surface area contributed by atoms with Crippen molar-refractivity contribution in [2.24, 2.45) is 0 Å². The van der Waals surface area contributed by atoms with Crippen molar-refractivity contribution in [3.63, 3.8) is 0 Å². The first-order valence-corrected chi connectivity index (χ1v) is 9.81. The molecule has 0 unspecified atom stereocenters. The minimum Gasteiger partial charge on any atom is -0.376 e. The second kappa shape index (κ2) is 8.71. The largest absolute Gasteiger partial charge is 0.376 e. The summed E-state index contributed by atoms with van der Waals surface area (Å²) in [4.78, 5) is 24.5. The molecule has 9 heteroatoms. The number of nitrogens with zero attached hydrogens (tertiary/aromatic N) is 2. The minimum absolute atomic E-state index is 0.00211. The van der Waals surface area contributed by atoms with Crippen LogP contribution >= 0.6 is 11.8 Å². The molecule has 1 amide bonds. The number of thioether (sulfide) groups is 1. The van der Waals surface area contributed by atoms with Crippen molar-refractivity contribution in [3.8, 4) is 0 Å². The molecule has 0 spiro atoms. The Hall–Kier alpha value is -2.13. The summed E-state index contributed by atoms with van der Waals surface area (Å²) in [6.45, 7) is 4.73. The van der Waals surface area contributed by atoms with Crippen LogP contribution in [0.15, 0.2) is 34.2 Å². The van der Waals surface area contributed by atoms with Gasteiger partial charge in [0.05, 0.1) is 23.9 Å². The summed E-state index contributed by atoms with van der Waals surface area (Å²) in [5.74, 6) is -0.500. The van der Waals surface area contributed by atoms with Gasteiger partial charge < -0.3 is 10.1 Å². The monoisotopic (exact) mass is 394 g/mol. The zero-order chi connectivity index (χ0) is 19.4. The van der Waals surface area contributed by atoms with Gasteiger partial charge in [0.2, 0.25) is 5.91 Å². The second-order valence-corrected chi connectivity index (χ2v) is 7.91. The van der Waals surface area contributed by atoms with Crippen LogP contribution in [0.2, 0.25) is 0 Å². The van der Waals surface area contributed by atoms with Crippen LogP contribution < -0.4 is 11.0 Å². The zero-order valence-corrected chi connectivity index (χ0v) is 16.1. The highest BCUT2D eigenvalue weighted by Gasteiger charge is 2.23. The Morgan fingerprint density at radius 1 is 1.44 bits per heavy atom. The van der Waals surface area contributed by atoms with Crippen molar-refractivity contribution in [1.29, 1.82) is 0 Å². The molecule has 0 aliphatic carbocycles. The van der Waals surface area contributed by atoms with Crippen LogP contribution in [-0.4, -0.2) is 38.6 Å². The molecule has 0 saturated carbocycles. The lowest BCUT2D eigenvalue weighted by Gasteiger charge is -2.18. The smallest absolute Gasteiger partial charge is 0.344 e. The number of halogens is 1. The number of aromatic nitrogens is 3. The third kappa shape index (κ3) is 4.98. The molecule has 2 aromatic rings. The normalized spacial score (nSPS) is 19.0.